The third-order valence-electron chi connectivity index (χ3n) is 7.21. The molecule has 1 amide bonds. The zero-order valence-electron chi connectivity index (χ0n) is 16.8. The second kappa shape index (κ2) is 8.15. The summed E-state index contributed by atoms with van der Waals surface area (Å²) in [6.07, 6.45) is 14.0. The quantitative estimate of drug-likeness (QED) is 0.763. The number of amides is 1. The van der Waals surface area contributed by atoms with Gasteiger partial charge in [0.15, 0.2) is 10.7 Å². The molecule has 2 aromatic heterocycles. The third kappa shape index (κ3) is 3.61. The van der Waals surface area contributed by atoms with Gasteiger partial charge in [0.25, 0.3) is 5.91 Å². The minimum atomic E-state index is 0.147. The number of carbonyl (C=O) groups excluding carboxylic acids is 1. The fourth-order valence-electron chi connectivity index (χ4n) is 5.61. The largest absolute Gasteiger partial charge is 0.337 e. The molecule has 1 atom stereocenters. The molecule has 3 aliphatic rings. The summed E-state index contributed by atoms with van der Waals surface area (Å²) in [4.78, 5) is 23.5. The maximum atomic E-state index is 13.2. The Kier molecular flexibility index (Phi) is 5.42. The summed E-state index contributed by atoms with van der Waals surface area (Å²) in [5.41, 5.74) is 1.81. The first-order chi connectivity index (χ1) is 13.8. The molecule has 152 valence electrons. The van der Waals surface area contributed by atoms with Crippen molar-refractivity contribution in [3.63, 3.8) is 0 Å². The van der Waals surface area contributed by atoms with Crippen molar-refractivity contribution >= 4 is 22.2 Å². The molecule has 0 bridgehead atoms. The lowest BCUT2D eigenvalue weighted by molar-refractivity contribution is 0.0716. The van der Waals surface area contributed by atoms with Gasteiger partial charge in [-0.3, -0.25) is 14.1 Å². The van der Waals surface area contributed by atoms with Crippen LogP contribution in [0.4, 0.5) is 0 Å². The molecule has 2 aromatic rings. The van der Waals surface area contributed by atoms with E-state index < -0.39 is 0 Å². The van der Waals surface area contributed by atoms with Crippen LogP contribution in [0, 0.1) is 11.8 Å². The van der Waals surface area contributed by atoms with E-state index in [-0.39, 0.29) is 5.91 Å². The van der Waals surface area contributed by atoms with E-state index in [0.29, 0.717) is 5.69 Å². The maximum Gasteiger partial charge on any atom is 0.274 e. The van der Waals surface area contributed by atoms with E-state index in [9.17, 15) is 4.79 Å². The molecule has 1 saturated carbocycles. The lowest BCUT2D eigenvalue weighted by atomic mass is 9.80. The Labute approximate surface area is 171 Å². The molecule has 2 saturated heterocycles. The molecular weight excluding hydrogens is 368 g/mol. The number of nitrogens with zero attached hydrogens (tertiary/aromatic N) is 4. The van der Waals surface area contributed by atoms with Gasteiger partial charge in [0.2, 0.25) is 0 Å². The van der Waals surface area contributed by atoms with Crippen molar-refractivity contribution in [3.05, 3.63) is 23.0 Å². The zero-order chi connectivity index (χ0) is 18.9. The molecule has 1 unspecified atom stereocenters. The van der Waals surface area contributed by atoms with Crippen LogP contribution < -0.4 is 0 Å². The highest BCUT2D eigenvalue weighted by Crippen LogP contribution is 2.35. The first-order valence-corrected chi connectivity index (χ1v) is 12.1. The van der Waals surface area contributed by atoms with Gasteiger partial charge in [0.1, 0.15) is 0 Å². The van der Waals surface area contributed by atoms with Crippen molar-refractivity contribution in [2.45, 2.75) is 64.3 Å². The van der Waals surface area contributed by atoms with Gasteiger partial charge >= 0.3 is 0 Å². The number of aromatic nitrogens is 2. The molecule has 28 heavy (non-hydrogen) atoms. The number of thiazole rings is 1. The minimum absolute atomic E-state index is 0.147. The Morgan fingerprint density at radius 1 is 1.00 bits per heavy atom. The van der Waals surface area contributed by atoms with Crippen molar-refractivity contribution in [2.24, 2.45) is 11.8 Å². The number of hydrogen-bond donors (Lipinski definition) is 0. The summed E-state index contributed by atoms with van der Waals surface area (Å²) < 4.78 is 2.16. The van der Waals surface area contributed by atoms with Gasteiger partial charge in [-0.2, -0.15) is 0 Å². The summed E-state index contributed by atoms with van der Waals surface area (Å²) in [6, 6.07) is 0. The molecule has 0 spiro atoms. The number of imidazole rings is 1. The fraction of sp³-hybridized carbons (Fsp3) is 0.727. The number of likely N-dealkylation sites (tertiary alicyclic amines) is 2. The topological polar surface area (TPSA) is 40.9 Å². The van der Waals surface area contributed by atoms with Gasteiger partial charge in [-0.1, -0.05) is 32.1 Å². The molecule has 1 aliphatic carbocycles. The summed E-state index contributed by atoms with van der Waals surface area (Å²) in [5.74, 6) is 1.93. The third-order valence-corrected chi connectivity index (χ3v) is 7.96. The second-order valence-electron chi connectivity index (χ2n) is 9.00. The van der Waals surface area contributed by atoms with Crippen molar-refractivity contribution in [3.8, 4) is 0 Å². The number of rotatable bonds is 4. The van der Waals surface area contributed by atoms with Crippen molar-refractivity contribution in [1.82, 2.24) is 19.2 Å². The predicted molar refractivity (Wildman–Crippen MR) is 113 cm³/mol. The van der Waals surface area contributed by atoms with Crippen LogP contribution >= 0.6 is 11.3 Å². The van der Waals surface area contributed by atoms with E-state index in [4.69, 9.17) is 4.98 Å². The van der Waals surface area contributed by atoms with Crippen molar-refractivity contribution in [2.75, 3.05) is 26.2 Å². The predicted octanol–water partition coefficient (Wildman–Crippen LogP) is 4.42. The van der Waals surface area contributed by atoms with E-state index in [2.05, 4.69) is 20.9 Å². The first-order valence-electron chi connectivity index (χ1n) is 11.3. The van der Waals surface area contributed by atoms with Gasteiger partial charge in [0, 0.05) is 37.8 Å². The van der Waals surface area contributed by atoms with Crippen LogP contribution in [0.15, 0.2) is 11.6 Å². The first kappa shape index (κ1) is 18.6. The maximum absolute atomic E-state index is 13.2. The van der Waals surface area contributed by atoms with Gasteiger partial charge < -0.3 is 4.90 Å². The molecule has 6 heteroatoms. The fourth-order valence-corrected chi connectivity index (χ4v) is 6.34. The average Bonchev–Trinajstić information content (AvgIpc) is 3.47. The number of carbonyl (C=O) groups is 1. The Morgan fingerprint density at radius 3 is 2.61 bits per heavy atom. The number of fused-ring (bicyclic) bond motifs is 1. The van der Waals surface area contributed by atoms with Crippen LogP contribution in [0.3, 0.4) is 0 Å². The lowest BCUT2D eigenvalue weighted by Crippen LogP contribution is -2.36. The highest BCUT2D eigenvalue weighted by atomic mass is 32.1. The second-order valence-corrected chi connectivity index (χ2v) is 9.87. The van der Waals surface area contributed by atoms with E-state index in [1.54, 1.807) is 11.3 Å². The molecule has 5 nitrogen and oxygen atoms in total. The van der Waals surface area contributed by atoms with E-state index in [1.807, 2.05) is 4.90 Å². The molecular formula is C22H32N4OS. The molecule has 0 aromatic carbocycles. The molecule has 3 fully saturated rings. The monoisotopic (exact) mass is 400 g/mol. The van der Waals surface area contributed by atoms with Crippen LogP contribution in [0.5, 0.6) is 0 Å². The smallest absolute Gasteiger partial charge is 0.274 e. The Balaban J connectivity index is 1.33. The molecule has 4 heterocycles. The van der Waals surface area contributed by atoms with Gasteiger partial charge in [0.05, 0.1) is 5.69 Å². The van der Waals surface area contributed by atoms with Crippen LogP contribution in [0.2, 0.25) is 0 Å². The standard InChI is InChI=1S/C22H32N4OS/c27-21(25-10-5-2-6-11-25)20-19(26-13-14-28-22(26)23-20)16-24-12-9-18(15-24)17-7-3-1-4-8-17/h13-14,17-18H,1-12,15-16H2. The molecule has 2 aliphatic heterocycles. The average molecular weight is 401 g/mol. The van der Waals surface area contributed by atoms with E-state index >= 15 is 0 Å². The van der Waals surface area contributed by atoms with E-state index in [0.717, 1.165) is 61.5 Å². The SMILES string of the molecule is O=C(c1nc2sccn2c1CN1CCC(C2CCCCC2)C1)N1CCCCC1. The Bertz CT molecular complexity index is 816. The lowest BCUT2D eigenvalue weighted by Gasteiger charge is -2.28. The Hall–Kier alpha value is -1.40. The van der Waals surface area contributed by atoms with Crippen molar-refractivity contribution < 1.29 is 4.79 Å². The Morgan fingerprint density at radius 2 is 1.79 bits per heavy atom. The highest BCUT2D eigenvalue weighted by molar-refractivity contribution is 7.15. The summed E-state index contributed by atoms with van der Waals surface area (Å²) in [7, 11) is 0. The van der Waals surface area contributed by atoms with Gasteiger partial charge in [-0.15, -0.1) is 11.3 Å². The van der Waals surface area contributed by atoms with Crippen LogP contribution in [0.25, 0.3) is 4.96 Å². The van der Waals surface area contributed by atoms with Crippen molar-refractivity contribution in [1.29, 1.82) is 0 Å². The number of hydrogen-bond acceptors (Lipinski definition) is 4. The summed E-state index contributed by atoms with van der Waals surface area (Å²) >= 11 is 1.63. The van der Waals surface area contributed by atoms with E-state index in [1.165, 1.54) is 51.5 Å². The van der Waals surface area contributed by atoms with Gasteiger partial charge in [-0.25, -0.2) is 4.98 Å². The molecule has 0 radical (unpaired) electrons. The number of piperidine rings is 1. The zero-order valence-corrected chi connectivity index (χ0v) is 17.6. The summed E-state index contributed by atoms with van der Waals surface area (Å²) in [6.45, 7) is 4.99. The van der Waals surface area contributed by atoms with Crippen LogP contribution in [-0.4, -0.2) is 51.3 Å². The minimum Gasteiger partial charge on any atom is -0.337 e. The van der Waals surface area contributed by atoms with Gasteiger partial charge in [-0.05, 0) is 44.1 Å². The highest BCUT2D eigenvalue weighted by Gasteiger charge is 2.32. The molecule has 0 N–H and O–H groups in total. The van der Waals surface area contributed by atoms with Crippen LogP contribution in [-0.2, 0) is 6.54 Å². The summed E-state index contributed by atoms with van der Waals surface area (Å²) in [5, 5.41) is 2.08. The normalized spacial score (nSPS) is 25.0. The van der Waals surface area contributed by atoms with Crippen LogP contribution in [0.1, 0.15) is 74.0 Å². The molecule has 5 rings (SSSR count).